The Labute approximate surface area is 205 Å². The van der Waals surface area contributed by atoms with Gasteiger partial charge in [-0.3, -0.25) is 0 Å². The molecule has 1 N–H and O–H groups in total. The Morgan fingerprint density at radius 3 is 2.66 bits per heavy atom. The van der Waals surface area contributed by atoms with Crippen LogP contribution in [-0.4, -0.2) is 61.5 Å². The molecule has 2 aromatic rings. The quantitative estimate of drug-likeness (QED) is 0.627. The van der Waals surface area contributed by atoms with E-state index in [1.165, 1.54) is 31.2 Å². The molecule has 0 amide bonds. The molecule has 1 saturated carbocycles. The Bertz CT molecular complexity index is 1090. The van der Waals surface area contributed by atoms with Gasteiger partial charge in [0.05, 0.1) is 0 Å². The number of carbonyl (C=O) groups excluding carboxylic acids is 1. The van der Waals surface area contributed by atoms with Gasteiger partial charge >= 0.3 is 5.97 Å². The zero-order valence-corrected chi connectivity index (χ0v) is 20.0. The Morgan fingerprint density at radius 2 is 1.83 bits per heavy atom. The van der Waals surface area contributed by atoms with Crippen LogP contribution < -0.4 is 14.2 Å². The summed E-state index contributed by atoms with van der Waals surface area (Å²) in [5, 5.41) is 10.7. The molecule has 1 atom stereocenters. The average Bonchev–Trinajstić information content (AvgIpc) is 3.52. The largest absolute Gasteiger partial charge is 0.491 e. The van der Waals surface area contributed by atoms with Crippen molar-refractivity contribution in [2.75, 3.05) is 39.5 Å². The van der Waals surface area contributed by atoms with E-state index in [1.807, 2.05) is 24.3 Å². The number of nitrogens with zero attached hydrogens (tertiary/aromatic N) is 1. The summed E-state index contributed by atoms with van der Waals surface area (Å²) in [5.41, 5.74) is 2.07. The van der Waals surface area contributed by atoms with Crippen LogP contribution in [0, 0.1) is 0 Å². The molecule has 2 aromatic carbocycles. The Hall–Kier alpha value is -2.77. The van der Waals surface area contributed by atoms with Crippen molar-refractivity contribution in [3.8, 4) is 17.2 Å². The number of β-amino-alcohol motifs (C(OH)–C–C–N with tert-alkyl or cyclic N) is 1. The molecule has 6 rings (SSSR count). The first-order valence-electron chi connectivity index (χ1n) is 12.9. The van der Waals surface area contributed by atoms with Gasteiger partial charge in [-0.1, -0.05) is 37.1 Å². The van der Waals surface area contributed by atoms with Gasteiger partial charge in [-0.15, -0.1) is 0 Å². The minimum Gasteiger partial charge on any atom is -0.491 e. The lowest BCUT2D eigenvalue weighted by Gasteiger charge is -2.39. The predicted octanol–water partition coefficient (Wildman–Crippen LogP) is 4.02. The minimum absolute atomic E-state index is 0.271. The van der Waals surface area contributed by atoms with Crippen molar-refractivity contribution in [3.63, 3.8) is 0 Å². The van der Waals surface area contributed by atoms with Crippen LogP contribution in [0.25, 0.3) is 0 Å². The number of aliphatic hydroxyl groups is 1. The number of hydrogen-bond donors (Lipinski definition) is 1. The van der Waals surface area contributed by atoms with E-state index < -0.39 is 11.7 Å². The highest BCUT2D eigenvalue weighted by atomic mass is 16.6. The number of likely N-dealkylation sites (tertiary alicyclic amines) is 1. The van der Waals surface area contributed by atoms with E-state index >= 15 is 0 Å². The van der Waals surface area contributed by atoms with Crippen molar-refractivity contribution in [1.82, 2.24) is 4.90 Å². The number of esters is 1. The number of carbonyl (C=O) groups is 1. The van der Waals surface area contributed by atoms with Crippen molar-refractivity contribution >= 4 is 5.97 Å². The number of rotatable bonds is 6. The molecule has 1 spiro atoms. The van der Waals surface area contributed by atoms with Crippen molar-refractivity contribution in [2.24, 2.45) is 0 Å². The molecular formula is C28H33NO6. The normalized spacial score (nSPS) is 22.1. The molecule has 2 fully saturated rings. The number of fused-ring (bicyclic) bond motifs is 4. The highest BCUT2D eigenvalue weighted by Crippen LogP contribution is 2.50. The molecular weight excluding hydrogens is 446 g/mol. The second kappa shape index (κ2) is 9.36. The van der Waals surface area contributed by atoms with Crippen LogP contribution in [0.3, 0.4) is 0 Å². The summed E-state index contributed by atoms with van der Waals surface area (Å²) >= 11 is 0. The highest BCUT2D eigenvalue weighted by molar-refractivity contribution is 5.98. The van der Waals surface area contributed by atoms with Crippen LogP contribution in [0.1, 0.15) is 65.9 Å². The van der Waals surface area contributed by atoms with E-state index in [0.29, 0.717) is 55.6 Å². The summed E-state index contributed by atoms with van der Waals surface area (Å²) in [6.45, 7) is 3.19. The van der Waals surface area contributed by atoms with Crippen LogP contribution in [0.4, 0.5) is 0 Å². The molecule has 0 unspecified atom stereocenters. The third kappa shape index (κ3) is 4.25. The molecule has 7 heteroatoms. The zero-order valence-electron chi connectivity index (χ0n) is 20.0. The number of benzene rings is 2. The summed E-state index contributed by atoms with van der Waals surface area (Å²) in [7, 11) is 0. The molecule has 7 nitrogen and oxygen atoms in total. The van der Waals surface area contributed by atoms with E-state index in [1.54, 1.807) is 0 Å². The van der Waals surface area contributed by atoms with E-state index in [4.69, 9.17) is 18.9 Å². The number of piperidine rings is 1. The SMILES string of the molecule is O=C1OC2(CCN(C[C@H](O)COc3ccccc3C3CCCC3)CC2)c2ccc3c(c21)OCCO3. The number of ether oxygens (including phenoxy) is 4. The number of aliphatic hydroxyl groups excluding tert-OH is 1. The fourth-order valence-electron chi connectivity index (χ4n) is 6.17. The summed E-state index contributed by atoms with van der Waals surface area (Å²) in [4.78, 5) is 15.0. The van der Waals surface area contributed by atoms with Gasteiger partial charge in [-0.2, -0.15) is 0 Å². The molecule has 186 valence electrons. The Morgan fingerprint density at radius 1 is 1.06 bits per heavy atom. The topological polar surface area (TPSA) is 77.5 Å². The van der Waals surface area contributed by atoms with Gasteiger partial charge < -0.3 is 29.0 Å². The molecule has 0 radical (unpaired) electrons. The predicted molar refractivity (Wildman–Crippen MR) is 129 cm³/mol. The first-order chi connectivity index (χ1) is 17.1. The summed E-state index contributed by atoms with van der Waals surface area (Å²) in [6, 6.07) is 12.1. The van der Waals surface area contributed by atoms with Crippen LogP contribution >= 0.6 is 0 Å². The first kappa shape index (κ1) is 22.7. The third-order valence-corrected chi connectivity index (χ3v) is 7.97. The average molecular weight is 480 g/mol. The van der Waals surface area contributed by atoms with Gasteiger partial charge in [0, 0.05) is 38.0 Å². The van der Waals surface area contributed by atoms with Gasteiger partial charge in [0.2, 0.25) is 0 Å². The van der Waals surface area contributed by atoms with Gasteiger partial charge in [-0.25, -0.2) is 4.79 Å². The fourth-order valence-corrected chi connectivity index (χ4v) is 6.17. The van der Waals surface area contributed by atoms with E-state index in [9.17, 15) is 9.90 Å². The number of hydrogen-bond acceptors (Lipinski definition) is 7. The van der Waals surface area contributed by atoms with Crippen molar-refractivity contribution in [3.05, 3.63) is 53.1 Å². The van der Waals surface area contributed by atoms with Crippen molar-refractivity contribution in [2.45, 2.75) is 56.1 Å². The smallest absolute Gasteiger partial charge is 0.343 e. The van der Waals surface area contributed by atoms with Crippen molar-refractivity contribution < 1.29 is 28.8 Å². The molecule has 0 aromatic heterocycles. The first-order valence-corrected chi connectivity index (χ1v) is 12.9. The molecule has 35 heavy (non-hydrogen) atoms. The van der Waals surface area contributed by atoms with Gasteiger partial charge in [0.25, 0.3) is 0 Å². The van der Waals surface area contributed by atoms with Crippen LogP contribution in [0.5, 0.6) is 17.2 Å². The van der Waals surface area contributed by atoms with E-state index in [-0.39, 0.29) is 12.6 Å². The van der Waals surface area contributed by atoms with Gasteiger partial charge in [-0.05, 0) is 36.5 Å². The van der Waals surface area contributed by atoms with Crippen LogP contribution in [0.15, 0.2) is 36.4 Å². The maximum Gasteiger partial charge on any atom is 0.343 e. The third-order valence-electron chi connectivity index (χ3n) is 7.97. The summed E-state index contributed by atoms with van der Waals surface area (Å²) < 4.78 is 23.5. The standard InChI is InChI=1S/C28H33NO6/c30-20(18-34-23-8-4-3-7-21(23)19-5-1-2-6-19)17-29-13-11-28(12-14-29)22-9-10-24-26(33-16-15-32-24)25(22)27(31)35-28/h3-4,7-10,19-20,30H,1-2,5-6,11-18H2/t20-/m0/s1. The van der Waals surface area contributed by atoms with Gasteiger partial charge in [0.15, 0.2) is 11.5 Å². The van der Waals surface area contributed by atoms with E-state index in [0.717, 1.165) is 24.4 Å². The van der Waals surface area contributed by atoms with Crippen LogP contribution in [0.2, 0.25) is 0 Å². The Kier molecular flexibility index (Phi) is 6.06. The Balaban J connectivity index is 1.06. The number of para-hydroxylation sites is 1. The second-order valence-electron chi connectivity index (χ2n) is 10.2. The molecule has 0 bridgehead atoms. The second-order valence-corrected chi connectivity index (χ2v) is 10.2. The maximum absolute atomic E-state index is 12.8. The van der Waals surface area contributed by atoms with Gasteiger partial charge in [0.1, 0.15) is 42.8 Å². The molecule has 4 aliphatic rings. The maximum atomic E-state index is 12.8. The van der Waals surface area contributed by atoms with Crippen LogP contribution in [-0.2, 0) is 10.3 Å². The molecule has 3 aliphatic heterocycles. The lowest BCUT2D eigenvalue weighted by Crippen LogP contribution is -2.46. The molecule has 3 heterocycles. The summed E-state index contributed by atoms with van der Waals surface area (Å²) in [5.74, 6) is 2.27. The lowest BCUT2D eigenvalue weighted by molar-refractivity contribution is -0.0497. The minimum atomic E-state index is -0.625. The fraction of sp³-hybridized carbons (Fsp3) is 0.536. The summed E-state index contributed by atoms with van der Waals surface area (Å²) in [6.07, 6.45) is 5.77. The highest BCUT2D eigenvalue weighted by Gasteiger charge is 2.49. The van der Waals surface area contributed by atoms with E-state index in [2.05, 4.69) is 17.0 Å². The lowest BCUT2D eigenvalue weighted by atomic mass is 9.83. The molecule has 1 saturated heterocycles. The zero-order chi connectivity index (χ0) is 23.8. The monoisotopic (exact) mass is 479 g/mol. The van der Waals surface area contributed by atoms with Crippen molar-refractivity contribution in [1.29, 1.82) is 0 Å². The molecule has 1 aliphatic carbocycles.